The SMILES string of the molecule is Cc1cc(C(=O)Nc2ncc(Cc3ccc(C#N)cc3)s2)c(C)n1-c1ccccn1. The van der Waals surface area contributed by atoms with Crippen LogP contribution in [0.3, 0.4) is 0 Å². The molecule has 0 aliphatic rings. The van der Waals surface area contributed by atoms with Gasteiger partial charge in [-0.2, -0.15) is 5.26 Å². The van der Waals surface area contributed by atoms with E-state index in [4.69, 9.17) is 5.26 Å². The molecule has 1 N–H and O–H groups in total. The largest absolute Gasteiger partial charge is 0.302 e. The Morgan fingerprint density at radius 3 is 2.67 bits per heavy atom. The van der Waals surface area contributed by atoms with Crippen LogP contribution in [0.15, 0.2) is 60.9 Å². The minimum absolute atomic E-state index is 0.190. The van der Waals surface area contributed by atoms with Crippen molar-refractivity contribution in [2.45, 2.75) is 20.3 Å². The number of benzene rings is 1. The Hall–Kier alpha value is -3.76. The molecule has 1 amide bonds. The van der Waals surface area contributed by atoms with Crippen LogP contribution in [0.4, 0.5) is 5.13 Å². The fraction of sp³-hybridized carbons (Fsp3) is 0.130. The van der Waals surface area contributed by atoms with E-state index in [2.05, 4.69) is 21.4 Å². The van der Waals surface area contributed by atoms with Crippen molar-refractivity contribution >= 4 is 22.4 Å². The van der Waals surface area contributed by atoms with Gasteiger partial charge in [-0.3, -0.25) is 10.1 Å². The molecule has 0 spiro atoms. The Morgan fingerprint density at radius 2 is 1.97 bits per heavy atom. The van der Waals surface area contributed by atoms with Crippen LogP contribution in [0.25, 0.3) is 5.82 Å². The number of hydrogen-bond acceptors (Lipinski definition) is 5. The predicted molar refractivity (Wildman–Crippen MR) is 117 cm³/mol. The minimum atomic E-state index is -0.190. The maximum atomic E-state index is 12.9. The van der Waals surface area contributed by atoms with E-state index in [0.29, 0.717) is 22.7 Å². The fourth-order valence-electron chi connectivity index (χ4n) is 3.34. The average molecular weight is 414 g/mol. The van der Waals surface area contributed by atoms with E-state index >= 15 is 0 Å². The maximum absolute atomic E-state index is 12.9. The number of thiazole rings is 1. The second kappa shape index (κ2) is 8.31. The van der Waals surface area contributed by atoms with Gasteiger partial charge in [-0.1, -0.05) is 18.2 Å². The summed E-state index contributed by atoms with van der Waals surface area (Å²) >= 11 is 1.45. The molecule has 148 valence electrons. The van der Waals surface area contributed by atoms with E-state index in [1.165, 1.54) is 11.3 Å². The summed E-state index contributed by atoms with van der Waals surface area (Å²) in [5, 5.41) is 12.4. The number of hydrogen-bond donors (Lipinski definition) is 1. The van der Waals surface area contributed by atoms with Crippen molar-refractivity contribution < 1.29 is 4.79 Å². The summed E-state index contributed by atoms with van der Waals surface area (Å²) in [5.74, 6) is 0.593. The average Bonchev–Trinajstić information content (AvgIpc) is 3.32. The first-order chi connectivity index (χ1) is 14.5. The zero-order valence-corrected chi connectivity index (χ0v) is 17.4. The number of rotatable bonds is 5. The highest BCUT2D eigenvalue weighted by Crippen LogP contribution is 2.24. The highest BCUT2D eigenvalue weighted by atomic mass is 32.1. The van der Waals surface area contributed by atoms with Crippen LogP contribution in [0.1, 0.15) is 37.7 Å². The molecule has 1 aromatic carbocycles. The number of aromatic nitrogens is 3. The topological polar surface area (TPSA) is 83.6 Å². The number of nitrogens with one attached hydrogen (secondary N) is 1. The molecule has 0 unspecified atom stereocenters. The van der Waals surface area contributed by atoms with Gasteiger partial charge in [0.1, 0.15) is 5.82 Å². The Kier molecular flexibility index (Phi) is 5.42. The second-order valence-electron chi connectivity index (χ2n) is 6.88. The van der Waals surface area contributed by atoms with Crippen LogP contribution in [-0.2, 0) is 6.42 Å². The van der Waals surface area contributed by atoms with Gasteiger partial charge in [0.05, 0.1) is 17.2 Å². The lowest BCUT2D eigenvalue weighted by Gasteiger charge is -2.08. The van der Waals surface area contributed by atoms with Crippen LogP contribution in [-0.4, -0.2) is 20.4 Å². The van der Waals surface area contributed by atoms with Crippen molar-refractivity contribution in [3.8, 4) is 11.9 Å². The predicted octanol–water partition coefficient (Wildman–Crippen LogP) is 4.66. The lowest BCUT2D eigenvalue weighted by atomic mass is 10.1. The molecule has 30 heavy (non-hydrogen) atoms. The molecule has 4 rings (SSSR count). The van der Waals surface area contributed by atoms with Gasteiger partial charge in [0.15, 0.2) is 5.13 Å². The third kappa shape index (κ3) is 4.00. The molecule has 0 aliphatic carbocycles. The summed E-state index contributed by atoms with van der Waals surface area (Å²) < 4.78 is 1.97. The summed E-state index contributed by atoms with van der Waals surface area (Å²) in [5.41, 5.74) is 4.10. The normalized spacial score (nSPS) is 10.6. The first kappa shape index (κ1) is 19.6. The van der Waals surface area contributed by atoms with E-state index in [9.17, 15) is 4.79 Å². The second-order valence-corrected chi connectivity index (χ2v) is 7.99. The summed E-state index contributed by atoms with van der Waals surface area (Å²) in [6.07, 6.45) is 4.21. The number of carbonyl (C=O) groups is 1. The number of nitrogens with zero attached hydrogens (tertiary/aromatic N) is 4. The number of nitriles is 1. The monoisotopic (exact) mass is 413 g/mol. The number of aryl methyl sites for hydroxylation is 1. The van der Waals surface area contributed by atoms with Gasteiger partial charge >= 0.3 is 0 Å². The summed E-state index contributed by atoms with van der Waals surface area (Å²) in [4.78, 5) is 22.6. The van der Waals surface area contributed by atoms with Gasteiger partial charge in [-0.05, 0) is 49.7 Å². The molecule has 0 bridgehead atoms. The molecule has 0 fully saturated rings. The highest BCUT2D eigenvalue weighted by molar-refractivity contribution is 7.15. The van der Waals surface area contributed by atoms with E-state index in [0.717, 1.165) is 27.6 Å². The number of pyridine rings is 1. The van der Waals surface area contributed by atoms with Gasteiger partial charge in [0.25, 0.3) is 5.91 Å². The molecular weight excluding hydrogens is 394 g/mol. The van der Waals surface area contributed by atoms with Crippen molar-refractivity contribution in [1.82, 2.24) is 14.5 Å². The lowest BCUT2D eigenvalue weighted by Crippen LogP contribution is -2.13. The van der Waals surface area contributed by atoms with Crippen molar-refractivity contribution in [3.05, 3.63) is 93.9 Å². The fourth-order valence-corrected chi connectivity index (χ4v) is 4.18. The van der Waals surface area contributed by atoms with Gasteiger partial charge in [-0.25, -0.2) is 9.97 Å². The van der Waals surface area contributed by atoms with E-state index in [1.807, 2.05) is 54.8 Å². The van der Waals surface area contributed by atoms with Crippen LogP contribution < -0.4 is 5.32 Å². The summed E-state index contributed by atoms with van der Waals surface area (Å²) in [7, 11) is 0. The van der Waals surface area contributed by atoms with Crippen LogP contribution in [0, 0.1) is 25.2 Å². The molecule has 3 aromatic heterocycles. The van der Waals surface area contributed by atoms with Gasteiger partial charge in [-0.15, -0.1) is 11.3 Å². The third-order valence-electron chi connectivity index (χ3n) is 4.79. The molecule has 0 radical (unpaired) electrons. The molecule has 0 saturated carbocycles. The quantitative estimate of drug-likeness (QED) is 0.516. The van der Waals surface area contributed by atoms with E-state index in [1.54, 1.807) is 24.5 Å². The van der Waals surface area contributed by atoms with E-state index in [-0.39, 0.29) is 5.91 Å². The van der Waals surface area contributed by atoms with Crippen molar-refractivity contribution in [2.75, 3.05) is 5.32 Å². The standard InChI is InChI=1S/C23H19N5OS/c1-15-11-20(16(2)28(15)21-5-3-4-10-25-21)22(29)27-23-26-14-19(30-23)12-17-6-8-18(13-24)9-7-17/h3-11,14H,12H2,1-2H3,(H,26,27,29). The van der Waals surface area contributed by atoms with Gasteiger partial charge in [0.2, 0.25) is 0 Å². The van der Waals surface area contributed by atoms with Crippen LogP contribution in [0.2, 0.25) is 0 Å². The highest BCUT2D eigenvalue weighted by Gasteiger charge is 2.18. The molecular formula is C23H19N5OS. The zero-order chi connectivity index (χ0) is 21.1. The lowest BCUT2D eigenvalue weighted by molar-refractivity contribution is 0.102. The van der Waals surface area contributed by atoms with Gasteiger partial charge < -0.3 is 4.57 Å². The van der Waals surface area contributed by atoms with Crippen molar-refractivity contribution in [1.29, 1.82) is 5.26 Å². The number of amides is 1. The minimum Gasteiger partial charge on any atom is -0.302 e. The molecule has 0 aliphatic heterocycles. The molecule has 6 nitrogen and oxygen atoms in total. The number of anilines is 1. The zero-order valence-electron chi connectivity index (χ0n) is 16.6. The third-order valence-corrected chi connectivity index (χ3v) is 5.70. The van der Waals surface area contributed by atoms with Crippen LogP contribution >= 0.6 is 11.3 Å². The molecule has 0 saturated heterocycles. The molecule has 7 heteroatoms. The summed E-state index contributed by atoms with van der Waals surface area (Å²) in [6.45, 7) is 3.87. The first-order valence-electron chi connectivity index (χ1n) is 9.40. The van der Waals surface area contributed by atoms with Gasteiger partial charge in [0, 0.05) is 35.1 Å². The Morgan fingerprint density at radius 1 is 1.17 bits per heavy atom. The number of carbonyl (C=O) groups excluding carboxylic acids is 1. The molecule has 4 aromatic rings. The maximum Gasteiger partial charge on any atom is 0.259 e. The van der Waals surface area contributed by atoms with Crippen molar-refractivity contribution in [3.63, 3.8) is 0 Å². The Labute approximate surface area is 178 Å². The molecule has 0 atom stereocenters. The Bertz CT molecular complexity index is 1230. The van der Waals surface area contributed by atoms with Crippen LogP contribution in [0.5, 0.6) is 0 Å². The molecule has 3 heterocycles. The van der Waals surface area contributed by atoms with E-state index < -0.39 is 0 Å². The first-order valence-corrected chi connectivity index (χ1v) is 10.2. The Balaban J connectivity index is 1.49. The van der Waals surface area contributed by atoms with Crippen molar-refractivity contribution in [2.24, 2.45) is 0 Å². The summed E-state index contributed by atoms with van der Waals surface area (Å²) in [6, 6.07) is 17.2. The smallest absolute Gasteiger partial charge is 0.259 e.